The molecule has 0 atom stereocenters. The number of nitrogens with zero attached hydrogens (tertiary/aromatic N) is 3. The van der Waals surface area contributed by atoms with Crippen LogP contribution in [0.4, 0.5) is 0 Å². The molecule has 1 aromatic heterocycles. The second-order valence-corrected chi connectivity index (χ2v) is 8.79. The number of aromatic nitrogens is 3. The van der Waals surface area contributed by atoms with Gasteiger partial charge in [0.05, 0.1) is 19.6 Å². The molecule has 0 spiro atoms. The smallest absolute Gasteiger partial charge is 0.247 e. The lowest BCUT2D eigenvalue weighted by atomic mass is 10.2. The zero-order valence-corrected chi connectivity index (χ0v) is 19.5. The van der Waals surface area contributed by atoms with Crippen molar-refractivity contribution in [2.24, 2.45) is 0 Å². The van der Waals surface area contributed by atoms with Crippen molar-refractivity contribution in [2.75, 3.05) is 0 Å². The standard InChI is InChI=1S/C24H18Cl3N3O3/c25-19-7-1-16(2-8-19)13-28-22(31)29(14-17-3-9-20(26)10-4-17)24(33)30(23(28)32)15-18-5-11-21(27)12-6-18/h1-12H,13-15H2. The van der Waals surface area contributed by atoms with E-state index in [1.54, 1.807) is 72.8 Å². The number of benzene rings is 3. The summed E-state index contributed by atoms with van der Waals surface area (Å²) >= 11 is 17.9. The number of hydrogen-bond donors (Lipinski definition) is 0. The molecule has 4 aromatic rings. The maximum Gasteiger partial charge on any atom is 0.336 e. The minimum atomic E-state index is -0.692. The predicted molar refractivity (Wildman–Crippen MR) is 131 cm³/mol. The third-order valence-corrected chi connectivity index (χ3v) is 5.90. The van der Waals surface area contributed by atoms with E-state index in [2.05, 4.69) is 0 Å². The van der Waals surface area contributed by atoms with Crippen LogP contribution >= 0.6 is 34.8 Å². The van der Waals surface area contributed by atoms with Gasteiger partial charge >= 0.3 is 17.1 Å². The first-order valence-electron chi connectivity index (χ1n) is 9.99. The molecule has 0 N–H and O–H groups in total. The molecule has 33 heavy (non-hydrogen) atoms. The highest BCUT2D eigenvalue weighted by molar-refractivity contribution is 6.31. The Labute approximate surface area is 203 Å². The molecule has 0 unspecified atom stereocenters. The Morgan fingerprint density at radius 2 is 0.636 bits per heavy atom. The van der Waals surface area contributed by atoms with Crippen molar-refractivity contribution in [3.05, 3.63) is 136 Å². The van der Waals surface area contributed by atoms with Gasteiger partial charge in [-0.3, -0.25) is 0 Å². The van der Waals surface area contributed by atoms with Crippen LogP contribution < -0.4 is 17.1 Å². The highest BCUT2D eigenvalue weighted by Crippen LogP contribution is 2.12. The average Bonchev–Trinajstić information content (AvgIpc) is 2.81. The van der Waals surface area contributed by atoms with Gasteiger partial charge in [-0.15, -0.1) is 0 Å². The fourth-order valence-corrected chi connectivity index (χ4v) is 3.78. The third kappa shape index (κ3) is 5.30. The van der Waals surface area contributed by atoms with Gasteiger partial charge in [-0.1, -0.05) is 71.2 Å². The third-order valence-electron chi connectivity index (χ3n) is 5.15. The minimum Gasteiger partial charge on any atom is -0.247 e. The lowest BCUT2D eigenvalue weighted by Crippen LogP contribution is -2.54. The van der Waals surface area contributed by atoms with Crippen LogP contribution in [0.25, 0.3) is 0 Å². The summed E-state index contributed by atoms with van der Waals surface area (Å²) in [5.41, 5.74) is 0.0294. The van der Waals surface area contributed by atoms with Crippen LogP contribution in [0.3, 0.4) is 0 Å². The molecular weight excluding hydrogens is 485 g/mol. The van der Waals surface area contributed by atoms with Gasteiger partial charge in [0, 0.05) is 15.1 Å². The average molecular weight is 503 g/mol. The molecule has 0 aliphatic carbocycles. The summed E-state index contributed by atoms with van der Waals surface area (Å²) in [5, 5.41) is 1.62. The molecule has 1 heterocycles. The normalized spacial score (nSPS) is 11.0. The number of hydrogen-bond acceptors (Lipinski definition) is 3. The quantitative estimate of drug-likeness (QED) is 0.395. The van der Waals surface area contributed by atoms with E-state index in [9.17, 15) is 14.4 Å². The van der Waals surface area contributed by atoms with Crippen molar-refractivity contribution in [1.29, 1.82) is 0 Å². The van der Waals surface area contributed by atoms with Gasteiger partial charge in [0.2, 0.25) is 0 Å². The summed E-state index contributed by atoms with van der Waals surface area (Å²) in [7, 11) is 0. The zero-order chi connectivity index (χ0) is 23.5. The fraction of sp³-hybridized carbons (Fsp3) is 0.125. The van der Waals surface area contributed by atoms with E-state index in [1.807, 2.05) is 0 Å². The topological polar surface area (TPSA) is 66.0 Å². The molecule has 0 amide bonds. The van der Waals surface area contributed by atoms with Crippen LogP contribution in [0.1, 0.15) is 16.7 Å². The first-order valence-corrected chi connectivity index (χ1v) is 11.1. The molecule has 4 rings (SSSR count). The maximum absolute atomic E-state index is 13.2. The molecule has 168 valence electrons. The Hall–Kier alpha value is -3.06. The molecule has 0 fully saturated rings. The van der Waals surface area contributed by atoms with E-state index in [0.29, 0.717) is 31.8 Å². The van der Waals surface area contributed by atoms with Gasteiger partial charge in [-0.2, -0.15) is 0 Å². The summed E-state index contributed by atoms with van der Waals surface area (Å²) in [4.78, 5) is 39.7. The Morgan fingerprint density at radius 3 is 0.848 bits per heavy atom. The van der Waals surface area contributed by atoms with Crippen LogP contribution in [0.2, 0.25) is 15.1 Å². The van der Waals surface area contributed by atoms with Gasteiger partial charge in [-0.25, -0.2) is 28.1 Å². The number of halogens is 3. The lowest BCUT2D eigenvalue weighted by molar-refractivity contribution is 0.492. The molecular formula is C24H18Cl3N3O3. The van der Waals surface area contributed by atoms with Gasteiger partial charge in [-0.05, 0) is 53.1 Å². The van der Waals surface area contributed by atoms with Crippen molar-refractivity contribution in [3.8, 4) is 0 Å². The van der Waals surface area contributed by atoms with Gasteiger partial charge < -0.3 is 0 Å². The van der Waals surface area contributed by atoms with E-state index in [1.165, 1.54) is 0 Å². The first kappa shape index (κ1) is 23.1. The van der Waals surface area contributed by atoms with E-state index in [0.717, 1.165) is 13.7 Å². The largest absolute Gasteiger partial charge is 0.336 e. The zero-order valence-electron chi connectivity index (χ0n) is 17.2. The summed E-state index contributed by atoms with van der Waals surface area (Å²) in [6.45, 7) is -0.0109. The molecule has 0 aliphatic heterocycles. The molecule has 0 radical (unpaired) electrons. The summed E-state index contributed by atoms with van der Waals surface area (Å²) < 4.78 is 3.16. The van der Waals surface area contributed by atoms with Crippen LogP contribution in [-0.2, 0) is 19.6 Å². The highest BCUT2D eigenvalue weighted by atomic mass is 35.5. The molecule has 0 bridgehead atoms. The molecule has 0 saturated carbocycles. The number of rotatable bonds is 6. The summed E-state index contributed by atoms with van der Waals surface area (Å²) in [6, 6.07) is 20.4. The Bertz CT molecular complexity index is 1240. The van der Waals surface area contributed by atoms with Crippen LogP contribution in [-0.4, -0.2) is 13.7 Å². The molecule has 9 heteroatoms. The van der Waals surface area contributed by atoms with Crippen molar-refractivity contribution < 1.29 is 0 Å². The van der Waals surface area contributed by atoms with Gasteiger partial charge in [0.15, 0.2) is 0 Å². The second-order valence-electron chi connectivity index (χ2n) is 7.49. The maximum atomic E-state index is 13.2. The first-order chi connectivity index (χ1) is 15.8. The Morgan fingerprint density at radius 1 is 0.424 bits per heavy atom. The van der Waals surface area contributed by atoms with E-state index in [-0.39, 0.29) is 19.6 Å². The van der Waals surface area contributed by atoms with E-state index in [4.69, 9.17) is 34.8 Å². The second kappa shape index (κ2) is 9.83. The van der Waals surface area contributed by atoms with Gasteiger partial charge in [0.25, 0.3) is 0 Å². The van der Waals surface area contributed by atoms with Crippen molar-refractivity contribution in [2.45, 2.75) is 19.6 Å². The van der Waals surface area contributed by atoms with Crippen LogP contribution in [0, 0.1) is 0 Å². The van der Waals surface area contributed by atoms with Crippen molar-refractivity contribution in [1.82, 2.24) is 13.7 Å². The molecule has 6 nitrogen and oxygen atoms in total. The fourth-order valence-electron chi connectivity index (χ4n) is 3.41. The van der Waals surface area contributed by atoms with E-state index < -0.39 is 17.1 Å². The SMILES string of the molecule is O=c1n(Cc2ccc(Cl)cc2)c(=O)n(Cc2ccc(Cl)cc2)c(=O)n1Cc1ccc(Cl)cc1. The van der Waals surface area contributed by atoms with Crippen molar-refractivity contribution >= 4 is 34.8 Å². The monoisotopic (exact) mass is 501 g/mol. The summed E-state index contributed by atoms with van der Waals surface area (Å²) in [6.07, 6.45) is 0. The Balaban J connectivity index is 1.85. The van der Waals surface area contributed by atoms with Crippen LogP contribution in [0.15, 0.2) is 87.2 Å². The molecule has 0 saturated heterocycles. The lowest BCUT2D eigenvalue weighted by Gasteiger charge is -2.14. The summed E-state index contributed by atoms with van der Waals surface area (Å²) in [5.74, 6) is 0. The Kier molecular flexibility index (Phi) is 6.88. The predicted octanol–water partition coefficient (Wildman–Crippen LogP) is 4.28. The van der Waals surface area contributed by atoms with Gasteiger partial charge in [0.1, 0.15) is 0 Å². The molecule has 0 aliphatic rings. The highest BCUT2D eigenvalue weighted by Gasteiger charge is 2.17. The van der Waals surface area contributed by atoms with Crippen LogP contribution in [0.5, 0.6) is 0 Å². The molecule has 3 aromatic carbocycles. The minimum absolute atomic E-state index is 0.00362. The van der Waals surface area contributed by atoms with E-state index >= 15 is 0 Å². The van der Waals surface area contributed by atoms with Crippen molar-refractivity contribution in [3.63, 3.8) is 0 Å².